The van der Waals surface area contributed by atoms with Gasteiger partial charge in [0.05, 0.1) is 18.9 Å². The van der Waals surface area contributed by atoms with Crippen LogP contribution in [-0.2, 0) is 16.7 Å². The van der Waals surface area contributed by atoms with Crippen LogP contribution in [0.15, 0.2) is 42.9 Å². The smallest absolute Gasteiger partial charge is 0.137 e. The van der Waals surface area contributed by atoms with Crippen molar-refractivity contribution >= 4 is 0 Å². The van der Waals surface area contributed by atoms with Gasteiger partial charge in [-0.3, -0.25) is 9.97 Å². The van der Waals surface area contributed by atoms with E-state index in [-0.39, 0.29) is 11.0 Å². The topological polar surface area (TPSA) is 56.3 Å². The predicted molar refractivity (Wildman–Crippen MR) is 109 cm³/mol. The second-order valence-electron chi connectivity index (χ2n) is 8.32. The summed E-state index contributed by atoms with van der Waals surface area (Å²) in [5.41, 5.74) is 2.55. The molecule has 1 aliphatic carbocycles. The summed E-state index contributed by atoms with van der Waals surface area (Å²) in [6, 6.07) is 8.38. The predicted octanol–water partition coefficient (Wildman–Crippen LogP) is 4.03. The highest BCUT2D eigenvalue weighted by Crippen LogP contribution is 2.49. The Kier molecular flexibility index (Phi) is 5.93. The number of methoxy groups -OCH3 is 1. The van der Waals surface area contributed by atoms with Crippen LogP contribution in [0.3, 0.4) is 0 Å². The minimum Gasteiger partial charge on any atom is -0.495 e. The third-order valence-corrected chi connectivity index (χ3v) is 6.49. The molecule has 2 aromatic heterocycles. The molecule has 5 heteroatoms. The van der Waals surface area contributed by atoms with Gasteiger partial charge in [-0.15, -0.1) is 0 Å². The molecule has 1 saturated heterocycles. The summed E-state index contributed by atoms with van der Waals surface area (Å²) < 4.78 is 11.6. The molecule has 28 heavy (non-hydrogen) atoms. The Morgan fingerprint density at radius 2 is 2.07 bits per heavy atom. The Morgan fingerprint density at radius 3 is 2.86 bits per heavy atom. The Balaban J connectivity index is 1.44. The van der Waals surface area contributed by atoms with Crippen LogP contribution in [0.5, 0.6) is 5.75 Å². The number of aromatic nitrogens is 2. The van der Waals surface area contributed by atoms with Crippen LogP contribution >= 0.6 is 0 Å². The molecule has 0 radical (unpaired) electrons. The number of hydrogen-bond acceptors (Lipinski definition) is 5. The molecular formula is C23H31N3O2. The first kappa shape index (κ1) is 19.3. The van der Waals surface area contributed by atoms with Crippen molar-refractivity contribution in [3.8, 4) is 5.75 Å². The summed E-state index contributed by atoms with van der Waals surface area (Å²) in [5, 5.41) is 3.61. The molecule has 1 atom stereocenters. The number of rotatable bonds is 7. The van der Waals surface area contributed by atoms with Crippen LogP contribution < -0.4 is 10.1 Å². The van der Waals surface area contributed by atoms with E-state index in [0.29, 0.717) is 0 Å². The van der Waals surface area contributed by atoms with E-state index >= 15 is 0 Å². The van der Waals surface area contributed by atoms with Gasteiger partial charge in [0.2, 0.25) is 0 Å². The fraction of sp³-hybridized carbons (Fsp3) is 0.565. The van der Waals surface area contributed by atoms with Gasteiger partial charge in [-0.25, -0.2) is 0 Å². The van der Waals surface area contributed by atoms with Gasteiger partial charge in [0.1, 0.15) is 5.75 Å². The first-order chi connectivity index (χ1) is 13.7. The van der Waals surface area contributed by atoms with Crippen molar-refractivity contribution in [3.63, 3.8) is 0 Å². The van der Waals surface area contributed by atoms with E-state index in [0.717, 1.165) is 50.3 Å². The Morgan fingerprint density at radius 1 is 1.18 bits per heavy atom. The van der Waals surface area contributed by atoms with Crippen LogP contribution in [0, 0.1) is 0 Å². The van der Waals surface area contributed by atoms with Crippen LogP contribution in [0.4, 0.5) is 0 Å². The molecule has 1 aliphatic heterocycles. The molecule has 1 N–H and O–H groups in total. The van der Waals surface area contributed by atoms with Crippen molar-refractivity contribution in [2.75, 3.05) is 20.3 Å². The number of nitrogens with one attached hydrogen (secondary N) is 1. The highest BCUT2D eigenvalue weighted by atomic mass is 16.5. The minimum absolute atomic E-state index is 0.0759. The van der Waals surface area contributed by atoms with Gasteiger partial charge in [0.25, 0.3) is 0 Å². The van der Waals surface area contributed by atoms with Crippen LogP contribution in [0.25, 0.3) is 0 Å². The third kappa shape index (κ3) is 4.20. The highest BCUT2D eigenvalue weighted by molar-refractivity contribution is 5.23. The Labute approximate surface area is 167 Å². The van der Waals surface area contributed by atoms with E-state index in [9.17, 15) is 0 Å². The maximum Gasteiger partial charge on any atom is 0.137 e. The summed E-state index contributed by atoms with van der Waals surface area (Å²) in [6.45, 7) is 2.59. The molecule has 1 spiro atoms. The van der Waals surface area contributed by atoms with Gasteiger partial charge in [0, 0.05) is 36.7 Å². The van der Waals surface area contributed by atoms with Crippen molar-refractivity contribution in [3.05, 3.63) is 54.1 Å². The zero-order chi connectivity index (χ0) is 19.3. The monoisotopic (exact) mass is 381 g/mol. The van der Waals surface area contributed by atoms with Crippen molar-refractivity contribution in [2.45, 2.75) is 62.5 Å². The fourth-order valence-corrected chi connectivity index (χ4v) is 5.03. The van der Waals surface area contributed by atoms with Crippen LogP contribution in [0.2, 0.25) is 0 Å². The van der Waals surface area contributed by atoms with Crippen molar-refractivity contribution < 1.29 is 9.47 Å². The molecule has 1 saturated carbocycles. The first-order valence-corrected chi connectivity index (χ1v) is 10.5. The van der Waals surface area contributed by atoms with Gasteiger partial charge < -0.3 is 14.8 Å². The van der Waals surface area contributed by atoms with Gasteiger partial charge in [-0.1, -0.05) is 18.9 Å². The van der Waals surface area contributed by atoms with Crippen molar-refractivity contribution in [2.24, 2.45) is 0 Å². The largest absolute Gasteiger partial charge is 0.495 e. The molecule has 0 unspecified atom stereocenters. The van der Waals surface area contributed by atoms with Crippen molar-refractivity contribution in [1.29, 1.82) is 0 Å². The lowest BCUT2D eigenvalue weighted by molar-refractivity contribution is -0.104. The molecule has 2 aromatic rings. The molecule has 5 nitrogen and oxygen atoms in total. The average molecular weight is 382 g/mol. The van der Waals surface area contributed by atoms with Gasteiger partial charge in [-0.2, -0.15) is 0 Å². The summed E-state index contributed by atoms with van der Waals surface area (Å²) in [5.74, 6) is 0.803. The molecule has 0 amide bonds. The molecule has 4 rings (SSSR count). The first-order valence-electron chi connectivity index (χ1n) is 10.5. The number of nitrogens with zero attached hydrogens (tertiary/aromatic N) is 2. The molecule has 150 valence electrons. The Hall–Kier alpha value is -1.98. The van der Waals surface area contributed by atoms with E-state index < -0.39 is 0 Å². The Bertz CT molecular complexity index is 761. The molecule has 2 fully saturated rings. The second-order valence-corrected chi connectivity index (χ2v) is 8.32. The van der Waals surface area contributed by atoms with Gasteiger partial charge in [0.15, 0.2) is 0 Å². The van der Waals surface area contributed by atoms with Crippen LogP contribution in [-0.4, -0.2) is 35.8 Å². The van der Waals surface area contributed by atoms with Crippen molar-refractivity contribution in [1.82, 2.24) is 15.3 Å². The summed E-state index contributed by atoms with van der Waals surface area (Å²) in [6.07, 6.45) is 13.8. The summed E-state index contributed by atoms with van der Waals surface area (Å²) in [4.78, 5) is 9.02. The lowest BCUT2D eigenvalue weighted by Gasteiger charge is -2.46. The maximum absolute atomic E-state index is 6.33. The molecular weight excluding hydrogens is 350 g/mol. The fourth-order valence-electron chi connectivity index (χ4n) is 5.03. The minimum atomic E-state index is 0.0759. The summed E-state index contributed by atoms with van der Waals surface area (Å²) in [7, 11) is 1.68. The SMILES string of the molecule is COc1cncc(CNCC[C@@]2(c3ccccn3)CCOC3(CCCC3)C2)c1. The summed E-state index contributed by atoms with van der Waals surface area (Å²) >= 11 is 0. The van der Waals surface area contributed by atoms with E-state index in [2.05, 4.69) is 22.4 Å². The number of hydrogen-bond donors (Lipinski definition) is 1. The zero-order valence-electron chi connectivity index (χ0n) is 16.8. The second kappa shape index (κ2) is 8.58. The molecule has 3 heterocycles. The van der Waals surface area contributed by atoms with Gasteiger partial charge in [-0.05, 0) is 62.4 Å². The lowest BCUT2D eigenvalue weighted by Crippen LogP contribution is -2.47. The third-order valence-electron chi connectivity index (χ3n) is 6.49. The van der Waals surface area contributed by atoms with Gasteiger partial charge >= 0.3 is 0 Å². The van der Waals surface area contributed by atoms with Crippen LogP contribution in [0.1, 0.15) is 56.2 Å². The highest BCUT2D eigenvalue weighted by Gasteiger charge is 2.48. The van der Waals surface area contributed by atoms with E-state index in [1.165, 1.54) is 31.4 Å². The number of pyridine rings is 2. The van der Waals surface area contributed by atoms with E-state index in [1.807, 2.05) is 24.5 Å². The number of ether oxygens (including phenoxy) is 2. The quantitative estimate of drug-likeness (QED) is 0.734. The lowest BCUT2D eigenvalue weighted by atomic mass is 9.68. The molecule has 0 aromatic carbocycles. The normalized spacial score (nSPS) is 23.8. The standard InChI is InChI=1S/C23H31N3O2/c1-27-20-14-19(16-25-17-20)15-24-12-9-22(21-6-2-5-11-26-21)10-13-28-23(18-22)7-3-4-8-23/h2,5-6,11,14,16-17,24H,3-4,7-10,12-13,15,18H2,1H3/t22-/m1/s1. The average Bonchev–Trinajstić information content (AvgIpc) is 3.19. The van der Waals surface area contributed by atoms with E-state index in [1.54, 1.807) is 13.3 Å². The molecule has 2 aliphatic rings. The zero-order valence-corrected chi connectivity index (χ0v) is 16.8. The van der Waals surface area contributed by atoms with E-state index in [4.69, 9.17) is 14.5 Å². The maximum atomic E-state index is 6.33. The molecule has 0 bridgehead atoms.